The maximum absolute atomic E-state index is 12.7. The van der Waals surface area contributed by atoms with Crippen LogP contribution in [-0.2, 0) is 11.2 Å². The number of piperazine rings is 1. The molecule has 0 atom stereocenters. The highest BCUT2D eigenvalue weighted by atomic mass is 32.1. The Kier molecular flexibility index (Phi) is 5.61. The predicted molar refractivity (Wildman–Crippen MR) is 103 cm³/mol. The van der Waals surface area contributed by atoms with E-state index in [2.05, 4.69) is 6.07 Å². The van der Waals surface area contributed by atoms with Gasteiger partial charge in [0.2, 0.25) is 5.91 Å². The van der Waals surface area contributed by atoms with Crippen molar-refractivity contribution in [2.75, 3.05) is 33.3 Å². The molecular weight excluding hydrogens is 348 g/mol. The molecule has 2 amide bonds. The van der Waals surface area contributed by atoms with Crippen molar-refractivity contribution < 1.29 is 14.3 Å². The number of hydrogen-bond donors (Lipinski definition) is 0. The van der Waals surface area contributed by atoms with Crippen molar-refractivity contribution in [1.82, 2.24) is 9.80 Å². The van der Waals surface area contributed by atoms with Gasteiger partial charge in [0.1, 0.15) is 5.75 Å². The van der Waals surface area contributed by atoms with Crippen molar-refractivity contribution in [3.63, 3.8) is 0 Å². The van der Waals surface area contributed by atoms with Crippen molar-refractivity contribution in [2.24, 2.45) is 0 Å². The average molecular weight is 372 g/mol. The quantitative estimate of drug-likeness (QED) is 0.829. The third-order valence-corrected chi connectivity index (χ3v) is 5.55. The van der Waals surface area contributed by atoms with Crippen molar-refractivity contribution >= 4 is 23.2 Å². The predicted octanol–water partition coefficient (Wildman–Crippen LogP) is 2.90. The van der Waals surface area contributed by atoms with E-state index in [1.54, 1.807) is 7.11 Å². The van der Waals surface area contributed by atoms with Gasteiger partial charge in [-0.15, -0.1) is 11.3 Å². The molecule has 0 bridgehead atoms. The molecular formula is C20H24N2O3S. The second-order valence-corrected chi connectivity index (χ2v) is 7.55. The zero-order chi connectivity index (χ0) is 18.7. The summed E-state index contributed by atoms with van der Waals surface area (Å²) in [5.74, 6) is 0.926. The van der Waals surface area contributed by atoms with Gasteiger partial charge in [-0.2, -0.15) is 0 Å². The number of aryl methyl sites for hydroxylation is 2. The maximum Gasteiger partial charge on any atom is 0.264 e. The molecule has 6 heteroatoms. The van der Waals surface area contributed by atoms with Crippen molar-refractivity contribution in [3.8, 4) is 5.75 Å². The first-order valence-electron chi connectivity index (χ1n) is 8.74. The lowest BCUT2D eigenvalue weighted by molar-refractivity contribution is -0.131. The van der Waals surface area contributed by atoms with Gasteiger partial charge in [0.05, 0.1) is 18.4 Å². The number of methoxy groups -OCH3 is 1. The van der Waals surface area contributed by atoms with Crippen LogP contribution in [0.3, 0.4) is 0 Å². The summed E-state index contributed by atoms with van der Waals surface area (Å²) in [6.45, 7) is 6.31. The Morgan fingerprint density at radius 2 is 1.81 bits per heavy atom. The highest BCUT2D eigenvalue weighted by Gasteiger charge is 2.26. The number of carbonyl (C=O) groups is 2. The Morgan fingerprint density at radius 3 is 2.42 bits per heavy atom. The van der Waals surface area contributed by atoms with Gasteiger partial charge in [-0.3, -0.25) is 9.59 Å². The fourth-order valence-electron chi connectivity index (χ4n) is 3.46. The van der Waals surface area contributed by atoms with Crippen LogP contribution in [0.15, 0.2) is 29.6 Å². The molecule has 2 aromatic rings. The fourth-order valence-corrected chi connectivity index (χ4v) is 4.15. The van der Waals surface area contributed by atoms with Crippen molar-refractivity contribution in [1.29, 1.82) is 0 Å². The van der Waals surface area contributed by atoms with Crippen LogP contribution in [0.2, 0.25) is 0 Å². The van der Waals surface area contributed by atoms with Crippen LogP contribution in [0.1, 0.15) is 26.4 Å². The topological polar surface area (TPSA) is 49.9 Å². The number of rotatable bonds is 4. The molecule has 1 aliphatic rings. The lowest BCUT2D eigenvalue weighted by atomic mass is 10.0. The largest absolute Gasteiger partial charge is 0.496 e. The number of hydrogen-bond acceptors (Lipinski definition) is 4. The summed E-state index contributed by atoms with van der Waals surface area (Å²) < 4.78 is 5.49. The molecule has 138 valence electrons. The highest BCUT2D eigenvalue weighted by Crippen LogP contribution is 2.26. The lowest BCUT2D eigenvalue weighted by Gasteiger charge is -2.34. The van der Waals surface area contributed by atoms with E-state index in [0.29, 0.717) is 32.6 Å². The van der Waals surface area contributed by atoms with Gasteiger partial charge in [0, 0.05) is 31.7 Å². The molecule has 0 radical (unpaired) electrons. The van der Waals surface area contributed by atoms with E-state index in [4.69, 9.17) is 4.74 Å². The molecule has 0 unspecified atom stereocenters. The normalized spacial score (nSPS) is 14.4. The Labute approximate surface area is 158 Å². The number of ether oxygens (including phenoxy) is 1. The minimum absolute atomic E-state index is 0.0584. The number of nitrogens with zero attached hydrogens (tertiary/aromatic N) is 2. The molecule has 0 saturated carbocycles. The summed E-state index contributed by atoms with van der Waals surface area (Å²) in [4.78, 5) is 29.6. The van der Waals surface area contributed by atoms with Crippen molar-refractivity contribution in [2.45, 2.75) is 20.3 Å². The first-order chi connectivity index (χ1) is 12.5. The molecule has 1 aromatic carbocycles. The van der Waals surface area contributed by atoms with Crippen molar-refractivity contribution in [3.05, 3.63) is 51.2 Å². The fraction of sp³-hybridized carbons (Fsp3) is 0.400. The third-order valence-electron chi connectivity index (χ3n) is 4.69. The highest BCUT2D eigenvalue weighted by molar-refractivity contribution is 7.12. The van der Waals surface area contributed by atoms with Gasteiger partial charge in [-0.1, -0.05) is 23.8 Å². The van der Waals surface area contributed by atoms with Crippen LogP contribution < -0.4 is 4.74 Å². The van der Waals surface area contributed by atoms with Gasteiger partial charge >= 0.3 is 0 Å². The molecule has 3 rings (SSSR count). The minimum Gasteiger partial charge on any atom is -0.496 e. The van der Waals surface area contributed by atoms with E-state index in [1.165, 1.54) is 11.3 Å². The summed E-state index contributed by atoms with van der Waals surface area (Å²) in [5, 5.41) is 1.91. The molecule has 2 heterocycles. The summed E-state index contributed by atoms with van der Waals surface area (Å²) in [6, 6.07) is 7.80. The monoisotopic (exact) mass is 372 g/mol. The van der Waals surface area contributed by atoms with Gasteiger partial charge in [-0.25, -0.2) is 0 Å². The van der Waals surface area contributed by atoms with Gasteiger partial charge in [0.15, 0.2) is 0 Å². The minimum atomic E-state index is 0.0584. The summed E-state index contributed by atoms with van der Waals surface area (Å²) >= 11 is 1.45. The Morgan fingerprint density at radius 1 is 1.12 bits per heavy atom. The van der Waals surface area contributed by atoms with Gasteiger partial charge in [-0.05, 0) is 30.9 Å². The zero-order valence-electron chi connectivity index (χ0n) is 15.4. The van der Waals surface area contributed by atoms with E-state index in [0.717, 1.165) is 27.3 Å². The molecule has 5 nitrogen and oxygen atoms in total. The SMILES string of the molecule is COc1c(C)cc(C)cc1CC(=O)N1CCN(C(=O)c2cccs2)CC1. The van der Waals surface area contributed by atoms with Crippen LogP contribution in [0.5, 0.6) is 5.75 Å². The lowest BCUT2D eigenvalue weighted by Crippen LogP contribution is -2.50. The van der Waals surface area contributed by atoms with Crippen LogP contribution in [0.4, 0.5) is 0 Å². The van der Waals surface area contributed by atoms with Crippen LogP contribution >= 0.6 is 11.3 Å². The molecule has 0 aliphatic carbocycles. The Hall–Kier alpha value is -2.34. The van der Waals surface area contributed by atoms with Crippen LogP contribution in [0, 0.1) is 13.8 Å². The van der Waals surface area contributed by atoms with Gasteiger partial charge in [0.25, 0.3) is 5.91 Å². The number of benzene rings is 1. The Bertz CT molecular complexity index is 794. The van der Waals surface area contributed by atoms with Crippen LogP contribution in [-0.4, -0.2) is 54.9 Å². The third kappa shape index (κ3) is 3.90. The molecule has 0 spiro atoms. The standard InChI is InChI=1S/C20H24N2O3S/c1-14-11-15(2)19(25-3)16(12-14)13-18(23)21-6-8-22(9-7-21)20(24)17-5-4-10-26-17/h4-5,10-12H,6-9,13H2,1-3H3. The smallest absolute Gasteiger partial charge is 0.264 e. The summed E-state index contributed by atoms with van der Waals surface area (Å²) in [5.41, 5.74) is 3.09. The molecule has 26 heavy (non-hydrogen) atoms. The zero-order valence-corrected chi connectivity index (χ0v) is 16.3. The van der Waals surface area contributed by atoms with E-state index >= 15 is 0 Å². The van der Waals surface area contributed by atoms with E-state index in [1.807, 2.05) is 47.2 Å². The van der Waals surface area contributed by atoms with Gasteiger partial charge < -0.3 is 14.5 Å². The van der Waals surface area contributed by atoms with Crippen LogP contribution in [0.25, 0.3) is 0 Å². The average Bonchev–Trinajstić information content (AvgIpc) is 3.15. The number of carbonyl (C=O) groups excluding carboxylic acids is 2. The molecule has 0 N–H and O–H groups in total. The second-order valence-electron chi connectivity index (χ2n) is 6.60. The first-order valence-corrected chi connectivity index (χ1v) is 9.62. The van der Waals surface area contributed by atoms with E-state index in [-0.39, 0.29) is 11.8 Å². The summed E-state index contributed by atoms with van der Waals surface area (Å²) in [6.07, 6.45) is 0.324. The Balaban J connectivity index is 1.62. The number of thiophene rings is 1. The molecule has 1 saturated heterocycles. The molecule has 1 fully saturated rings. The van der Waals surface area contributed by atoms with E-state index in [9.17, 15) is 9.59 Å². The van der Waals surface area contributed by atoms with E-state index < -0.39 is 0 Å². The molecule has 1 aromatic heterocycles. The maximum atomic E-state index is 12.7. The second kappa shape index (κ2) is 7.91. The number of amides is 2. The molecule has 1 aliphatic heterocycles. The summed E-state index contributed by atoms with van der Waals surface area (Å²) in [7, 11) is 1.64. The first kappa shape index (κ1) is 18.5.